The zero-order chi connectivity index (χ0) is 8.43. The number of hydrogen-bond acceptors (Lipinski definition) is 2. The summed E-state index contributed by atoms with van der Waals surface area (Å²) < 4.78 is 3.37. The first-order valence-electron chi connectivity index (χ1n) is 3.16. The van der Waals surface area contributed by atoms with Crippen molar-refractivity contribution in [1.82, 2.24) is 9.78 Å². The van der Waals surface area contributed by atoms with Gasteiger partial charge in [0.2, 0.25) is 0 Å². The normalized spacial score (nSPS) is 13.5. The van der Waals surface area contributed by atoms with Gasteiger partial charge in [-0.1, -0.05) is 0 Å². The molecule has 0 aromatic carbocycles. The molecule has 0 radical (unpaired) electrons. The van der Waals surface area contributed by atoms with Crippen molar-refractivity contribution in [3.63, 3.8) is 0 Å². The molecule has 62 valence electrons. The molecule has 11 heavy (non-hydrogen) atoms. The van der Waals surface area contributed by atoms with Gasteiger partial charge in [0, 0.05) is 6.20 Å². The van der Waals surface area contributed by atoms with Crippen LogP contribution in [0.25, 0.3) is 0 Å². The van der Waals surface area contributed by atoms with Gasteiger partial charge < -0.3 is 5.11 Å². The fourth-order valence-corrected chi connectivity index (χ4v) is 1.23. The molecule has 0 saturated carbocycles. The van der Waals surface area contributed by atoms with E-state index in [1.165, 1.54) is 0 Å². The molecule has 3 nitrogen and oxygen atoms in total. The van der Waals surface area contributed by atoms with Crippen LogP contribution in [0.5, 0.6) is 0 Å². The Balaban J connectivity index is 2.88. The van der Waals surface area contributed by atoms with Crippen molar-refractivity contribution in [2.75, 3.05) is 6.61 Å². The van der Waals surface area contributed by atoms with Gasteiger partial charge in [-0.2, -0.15) is 5.10 Å². The van der Waals surface area contributed by atoms with Crippen LogP contribution in [-0.4, -0.2) is 21.5 Å². The molecule has 5 heteroatoms. The largest absolute Gasteiger partial charge is 0.394 e. The molecule has 1 aromatic rings. The van der Waals surface area contributed by atoms with Crippen LogP contribution in [0.4, 0.5) is 0 Å². The summed E-state index contributed by atoms with van der Waals surface area (Å²) in [5, 5.41) is 12.9. The maximum atomic E-state index is 8.80. The molecule has 0 aliphatic rings. The highest BCUT2D eigenvalue weighted by Crippen LogP contribution is 2.21. The Bertz CT molecular complexity index is 229. The maximum Gasteiger partial charge on any atom is 0.142 e. The molecule has 0 aliphatic carbocycles. The molecule has 1 unspecified atom stereocenters. The van der Waals surface area contributed by atoms with Crippen LogP contribution in [0.3, 0.4) is 0 Å². The first-order chi connectivity index (χ1) is 5.15. The quantitative estimate of drug-likeness (QED) is 0.901. The summed E-state index contributed by atoms with van der Waals surface area (Å²) in [4.78, 5) is 0. The van der Waals surface area contributed by atoms with Crippen molar-refractivity contribution in [3.8, 4) is 0 Å². The molecule has 1 N–H and O–H groups in total. The Kier molecular flexibility index (Phi) is 3.09. The lowest BCUT2D eigenvalue weighted by molar-refractivity contribution is 0.229. The highest BCUT2D eigenvalue weighted by Gasteiger charge is 2.07. The number of rotatable bonds is 2. The Morgan fingerprint density at radius 1 is 1.73 bits per heavy atom. The minimum Gasteiger partial charge on any atom is -0.394 e. The zero-order valence-corrected chi connectivity index (χ0v) is 9.13. The first kappa shape index (κ1) is 9.22. The lowest BCUT2D eigenvalue weighted by atomic mass is 10.4. The summed E-state index contributed by atoms with van der Waals surface area (Å²) in [7, 11) is 0. The first-order valence-corrected chi connectivity index (χ1v) is 4.74. The van der Waals surface area contributed by atoms with Gasteiger partial charge in [0.25, 0.3) is 0 Å². The van der Waals surface area contributed by atoms with E-state index in [0.717, 1.165) is 9.08 Å². The Hall–Kier alpha value is 0.130. The van der Waals surface area contributed by atoms with E-state index >= 15 is 0 Å². The van der Waals surface area contributed by atoms with Crippen LogP contribution in [0, 0.1) is 0 Å². The molecule has 1 heterocycles. The zero-order valence-electron chi connectivity index (χ0n) is 5.96. The van der Waals surface area contributed by atoms with Gasteiger partial charge >= 0.3 is 0 Å². The lowest BCUT2D eigenvalue weighted by Gasteiger charge is -2.06. The summed E-state index contributed by atoms with van der Waals surface area (Å²) in [5.74, 6) is 0. The standard InChI is InChI=1S/C6H8Br2N2O/c1-4(3-11)10-2-5(7)6(8)9-10/h2,4,11H,3H2,1H3. The van der Waals surface area contributed by atoms with Crippen molar-refractivity contribution in [1.29, 1.82) is 0 Å². The second kappa shape index (κ2) is 3.69. The Morgan fingerprint density at radius 3 is 2.73 bits per heavy atom. The van der Waals surface area contributed by atoms with Gasteiger partial charge in [-0.3, -0.25) is 4.68 Å². The number of halogens is 2. The lowest BCUT2D eigenvalue weighted by Crippen LogP contribution is -2.09. The molecule has 0 aliphatic heterocycles. The molecule has 1 atom stereocenters. The molecule has 1 rings (SSSR count). The van der Waals surface area contributed by atoms with Gasteiger partial charge in [-0.15, -0.1) is 0 Å². The Morgan fingerprint density at radius 2 is 2.36 bits per heavy atom. The van der Waals surface area contributed by atoms with Crippen LogP contribution >= 0.6 is 31.9 Å². The van der Waals surface area contributed by atoms with E-state index in [9.17, 15) is 0 Å². The van der Waals surface area contributed by atoms with Gasteiger partial charge in [0.15, 0.2) is 0 Å². The van der Waals surface area contributed by atoms with Crippen LogP contribution < -0.4 is 0 Å². The third-order valence-electron chi connectivity index (χ3n) is 1.36. The monoisotopic (exact) mass is 282 g/mol. The number of hydrogen-bond donors (Lipinski definition) is 1. The molecule has 1 aromatic heterocycles. The van der Waals surface area contributed by atoms with E-state index in [1.807, 2.05) is 13.1 Å². The van der Waals surface area contributed by atoms with E-state index < -0.39 is 0 Å². The molecule has 0 amide bonds. The maximum absolute atomic E-state index is 8.80. The minimum atomic E-state index is 0.0256. The second-order valence-corrected chi connectivity index (χ2v) is 3.88. The molecule has 0 bridgehead atoms. The minimum absolute atomic E-state index is 0.0256. The van der Waals surface area contributed by atoms with Crippen molar-refractivity contribution in [2.45, 2.75) is 13.0 Å². The van der Waals surface area contributed by atoms with Gasteiger partial charge in [0.05, 0.1) is 17.1 Å². The Labute approximate surface area is 81.7 Å². The van der Waals surface area contributed by atoms with E-state index in [0.29, 0.717) is 0 Å². The van der Waals surface area contributed by atoms with Gasteiger partial charge in [0.1, 0.15) is 4.60 Å². The second-order valence-electron chi connectivity index (χ2n) is 2.28. The summed E-state index contributed by atoms with van der Waals surface area (Å²) >= 11 is 6.55. The number of aromatic nitrogens is 2. The van der Waals surface area contributed by atoms with Crippen molar-refractivity contribution in [3.05, 3.63) is 15.3 Å². The molecule has 0 fully saturated rings. The van der Waals surface area contributed by atoms with E-state index in [2.05, 4.69) is 37.0 Å². The fourth-order valence-electron chi connectivity index (χ4n) is 0.657. The summed E-state index contributed by atoms with van der Waals surface area (Å²) in [6.45, 7) is 1.99. The summed E-state index contributed by atoms with van der Waals surface area (Å²) in [6, 6.07) is 0.0256. The van der Waals surface area contributed by atoms with Gasteiger partial charge in [-0.25, -0.2) is 0 Å². The van der Waals surface area contributed by atoms with Crippen LogP contribution in [0.1, 0.15) is 13.0 Å². The highest BCUT2D eigenvalue weighted by molar-refractivity contribution is 9.13. The molecule has 0 saturated heterocycles. The third kappa shape index (κ3) is 2.04. The molecular weight excluding hydrogens is 276 g/mol. The van der Waals surface area contributed by atoms with E-state index in [1.54, 1.807) is 4.68 Å². The van der Waals surface area contributed by atoms with E-state index in [4.69, 9.17) is 5.11 Å². The fraction of sp³-hybridized carbons (Fsp3) is 0.500. The number of nitrogens with zero attached hydrogens (tertiary/aromatic N) is 2. The van der Waals surface area contributed by atoms with Gasteiger partial charge in [-0.05, 0) is 38.8 Å². The van der Waals surface area contributed by atoms with Crippen LogP contribution in [0.2, 0.25) is 0 Å². The van der Waals surface area contributed by atoms with Crippen LogP contribution in [-0.2, 0) is 0 Å². The van der Waals surface area contributed by atoms with Crippen molar-refractivity contribution >= 4 is 31.9 Å². The number of aliphatic hydroxyl groups is 1. The van der Waals surface area contributed by atoms with Crippen molar-refractivity contribution in [2.24, 2.45) is 0 Å². The SMILES string of the molecule is CC(CO)n1cc(Br)c(Br)n1. The average Bonchev–Trinajstić information content (AvgIpc) is 2.31. The predicted molar refractivity (Wildman–Crippen MR) is 49.4 cm³/mol. The van der Waals surface area contributed by atoms with E-state index in [-0.39, 0.29) is 12.6 Å². The predicted octanol–water partition coefficient (Wildman–Crippen LogP) is 1.96. The smallest absolute Gasteiger partial charge is 0.142 e. The summed E-state index contributed by atoms with van der Waals surface area (Å²) in [6.07, 6.45) is 1.82. The molecule has 0 spiro atoms. The van der Waals surface area contributed by atoms with Crippen molar-refractivity contribution < 1.29 is 5.11 Å². The topological polar surface area (TPSA) is 38.0 Å². The summed E-state index contributed by atoms with van der Waals surface area (Å²) in [5.41, 5.74) is 0. The highest BCUT2D eigenvalue weighted by atomic mass is 79.9. The average molecular weight is 284 g/mol. The molecular formula is C6H8Br2N2O. The number of aliphatic hydroxyl groups excluding tert-OH is 1. The van der Waals surface area contributed by atoms with Crippen LogP contribution in [0.15, 0.2) is 15.3 Å². The third-order valence-corrected chi connectivity index (χ3v) is 3.06.